The van der Waals surface area contributed by atoms with Crippen LogP contribution in [-0.4, -0.2) is 41.7 Å². The molecule has 1 aliphatic heterocycles. The lowest BCUT2D eigenvalue weighted by Gasteiger charge is -2.38. The Morgan fingerprint density at radius 2 is 2.12 bits per heavy atom. The van der Waals surface area contributed by atoms with Gasteiger partial charge in [-0.1, -0.05) is 30.3 Å². The van der Waals surface area contributed by atoms with Gasteiger partial charge in [-0.3, -0.25) is 9.69 Å². The molecule has 1 aliphatic rings. The molecule has 0 radical (unpaired) electrons. The quantitative estimate of drug-likeness (QED) is 0.877. The zero-order valence-electron chi connectivity index (χ0n) is 13.9. The molecule has 0 bridgehead atoms. The van der Waals surface area contributed by atoms with Gasteiger partial charge >= 0.3 is 0 Å². The Bertz CT molecular complexity index is 671. The van der Waals surface area contributed by atoms with Gasteiger partial charge in [-0.05, 0) is 36.4 Å². The number of nitrogens with zero attached hydrogens (tertiary/aromatic N) is 1. The van der Waals surface area contributed by atoms with Crippen molar-refractivity contribution in [3.63, 3.8) is 0 Å². The van der Waals surface area contributed by atoms with Crippen LogP contribution in [0.1, 0.15) is 27.9 Å². The predicted octanol–water partition coefficient (Wildman–Crippen LogP) is 2.67. The number of aliphatic hydroxyl groups excluding tert-OH is 1. The first-order valence-corrected chi connectivity index (χ1v) is 9.32. The summed E-state index contributed by atoms with van der Waals surface area (Å²) in [6.45, 7) is 4.67. The molecule has 5 heteroatoms. The summed E-state index contributed by atoms with van der Waals surface area (Å²) in [6.07, 6.45) is 0.900. The number of benzene rings is 1. The number of thiophene rings is 1. The lowest BCUT2D eigenvalue weighted by atomic mass is 9.91. The summed E-state index contributed by atoms with van der Waals surface area (Å²) < 4.78 is 0. The van der Waals surface area contributed by atoms with Gasteiger partial charge in [0.05, 0.1) is 5.56 Å². The molecule has 24 heavy (non-hydrogen) atoms. The number of hydrogen-bond acceptors (Lipinski definition) is 4. The maximum absolute atomic E-state index is 12.5. The SMILES string of the molecule is Cc1cscc1C(=O)N[C@@H]1CN(Cc2ccccc2)CC[C@@H]1CO. The Kier molecular flexibility index (Phi) is 5.66. The van der Waals surface area contributed by atoms with Crippen molar-refractivity contribution in [1.29, 1.82) is 0 Å². The van der Waals surface area contributed by atoms with E-state index in [-0.39, 0.29) is 24.5 Å². The predicted molar refractivity (Wildman–Crippen MR) is 97.2 cm³/mol. The number of piperidine rings is 1. The van der Waals surface area contributed by atoms with E-state index in [2.05, 4.69) is 34.5 Å². The molecule has 2 aromatic rings. The summed E-state index contributed by atoms with van der Waals surface area (Å²) in [6, 6.07) is 10.4. The second-order valence-electron chi connectivity index (χ2n) is 6.50. The average Bonchev–Trinajstić information content (AvgIpc) is 3.02. The fraction of sp³-hybridized carbons (Fsp3) is 0.421. The Hall–Kier alpha value is -1.69. The van der Waals surface area contributed by atoms with Crippen LogP contribution in [0.3, 0.4) is 0 Å². The fourth-order valence-electron chi connectivity index (χ4n) is 3.27. The van der Waals surface area contributed by atoms with E-state index in [1.165, 1.54) is 5.56 Å². The van der Waals surface area contributed by atoms with Crippen LogP contribution in [0.4, 0.5) is 0 Å². The van der Waals surface area contributed by atoms with Crippen molar-refractivity contribution < 1.29 is 9.90 Å². The molecule has 0 aliphatic carbocycles. The monoisotopic (exact) mass is 344 g/mol. The summed E-state index contributed by atoms with van der Waals surface area (Å²) >= 11 is 1.54. The molecule has 1 saturated heterocycles. The van der Waals surface area contributed by atoms with Gasteiger partial charge in [0, 0.05) is 37.0 Å². The van der Waals surface area contributed by atoms with Gasteiger partial charge in [-0.15, -0.1) is 0 Å². The molecule has 4 nitrogen and oxygen atoms in total. The molecular weight excluding hydrogens is 320 g/mol. The van der Waals surface area contributed by atoms with E-state index in [0.717, 1.165) is 37.2 Å². The number of carbonyl (C=O) groups excluding carboxylic acids is 1. The number of carbonyl (C=O) groups is 1. The number of hydrogen-bond donors (Lipinski definition) is 2. The molecule has 1 amide bonds. The van der Waals surface area contributed by atoms with Gasteiger partial charge in [0.2, 0.25) is 0 Å². The number of nitrogens with one attached hydrogen (secondary N) is 1. The van der Waals surface area contributed by atoms with Gasteiger partial charge in [0.25, 0.3) is 5.91 Å². The molecule has 1 fully saturated rings. The number of aryl methyl sites for hydroxylation is 1. The van der Waals surface area contributed by atoms with E-state index in [0.29, 0.717) is 0 Å². The average molecular weight is 344 g/mol. The fourth-order valence-corrected chi connectivity index (χ4v) is 4.10. The highest BCUT2D eigenvalue weighted by Gasteiger charge is 2.30. The minimum atomic E-state index is -0.0289. The van der Waals surface area contributed by atoms with E-state index in [1.807, 2.05) is 23.8 Å². The van der Waals surface area contributed by atoms with Crippen LogP contribution >= 0.6 is 11.3 Å². The second-order valence-corrected chi connectivity index (χ2v) is 7.24. The molecular formula is C19H24N2O2S. The standard InChI is InChI=1S/C19H24N2O2S/c1-14-12-24-13-17(14)19(23)20-18-10-21(8-7-16(18)11-22)9-15-5-3-2-4-6-15/h2-6,12-13,16,18,22H,7-11H2,1H3,(H,20,23)/t16-,18-/m1/s1. The van der Waals surface area contributed by atoms with E-state index in [4.69, 9.17) is 0 Å². The molecule has 3 rings (SSSR count). The number of likely N-dealkylation sites (tertiary alicyclic amines) is 1. The Balaban J connectivity index is 1.65. The smallest absolute Gasteiger partial charge is 0.252 e. The number of aliphatic hydroxyl groups is 1. The molecule has 0 spiro atoms. The van der Waals surface area contributed by atoms with Crippen LogP contribution < -0.4 is 5.32 Å². The van der Waals surface area contributed by atoms with Gasteiger partial charge in [-0.25, -0.2) is 0 Å². The third-order valence-corrected chi connectivity index (χ3v) is 5.60. The summed E-state index contributed by atoms with van der Waals surface area (Å²) in [7, 11) is 0. The zero-order chi connectivity index (χ0) is 16.9. The number of rotatable bonds is 5. The number of amides is 1. The van der Waals surface area contributed by atoms with E-state index < -0.39 is 0 Å². The van der Waals surface area contributed by atoms with E-state index in [9.17, 15) is 9.90 Å². The van der Waals surface area contributed by atoms with Gasteiger partial charge in [0.15, 0.2) is 0 Å². The molecule has 1 aromatic carbocycles. The Morgan fingerprint density at radius 3 is 2.79 bits per heavy atom. The van der Waals surface area contributed by atoms with Crippen LogP contribution in [0.2, 0.25) is 0 Å². The second kappa shape index (κ2) is 7.92. The summed E-state index contributed by atoms with van der Waals surface area (Å²) in [4.78, 5) is 14.9. The third kappa shape index (κ3) is 4.04. The molecule has 2 atom stereocenters. The first kappa shape index (κ1) is 17.1. The maximum atomic E-state index is 12.5. The van der Waals surface area contributed by atoms with Crippen molar-refractivity contribution in [2.45, 2.75) is 25.9 Å². The zero-order valence-corrected chi connectivity index (χ0v) is 14.8. The maximum Gasteiger partial charge on any atom is 0.252 e. The molecule has 0 unspecified atom stereocenters. The highest BCUT2D eigenvalue weighted by Crippen LogP contribution is 2.21. The third-order valence-electron chi connectivity index (χ3n) is 4.74. The summed E-state index contributed by atoms with van der Waals surface area (Å²) in [5.41, 5.74) is 3.03. The minimum Gasteiger partial charge on any atom is -0.396 e. The molecule has 0 saturated carbocycles. The Morgan fingerprint density at radius 1 is 1.33 bits per heavy atom. The highest BCUT2D eigenvalue weighted by atomic mass is 32.1. The molecule has 1 aromatic heterocycles. The lowest BCUT2D eigenvalue weighted by Crippen LogP contribution is -2.53. The van der Waals surface area contributed by atoms with Crippen molar-refractivity contribution in [2.24, 2.45) is 5.92 Å². The van der Waals surface area contributed by atoms with Crippen molar-refractivity contribution in [3.05, 3.63) is 57.8 Å². The largest absolute Gasteiger partial charge is 0.396 e. The lowest BCUT2D eigenvalue weighted by molar-refractivity contribution is 0.0730. The van der Waals surface area contributed by atoms with Crippen molar-refractivity contribution in [2.75, 3.05) is 19.7 Å². The molecule has 2 heterocycles. The Labute approximate surface area is 147 Å². The first-order valence-electron chi connectivity index (χ1n) is 8.38. The molecule has 128 valence electrons. The van der Waals surface area contributed by atoms with Crippen LogP contribution in [0.5, 0.6) is 0 Å². The van der Waals surface area contributed by atoms with Crippen LogP contribution in [0.25, 0.3) is 0 Å². The summed E-state index contributed by atoms with van der Waals surface area (Å²) in [5, 5.41) is 16.7. The van der Waals surface area contributed by atoms with Crippen LogP contribution in [-0.2, 0) is 6.54 Å². The summed E-state index contributed by atoms with van der Waals surface area (Å²) in [5.74, 6) is 0.0960. The minimum absolute atomic E-state index is 0.0146. The van der Waals surface area contributed by atoms with Gasteiger partial charge in [-0.2, -0.15) is 11.3 Å². The van der Waals surface area contributed by atoms with Crippen LogP contribution in [0.15, 0.2) is 41.1 Å². The topological polar surface area (TPSA) is 52.6 Å². The highest BCUT2D eigenvalue weighted by molar-refractivity contribution is 7.08. The van der Waals surface area contributed by atoms with Crippen molar-refractivity contribution >= 4 is 17.2 Å². The first-order chi connectivity index (χ1) is 11.7. The van der Waals surface area contributed by atoms with Gasteiger partial charge < -0.3 is 10.4 Å². The normalized spacial score (nSPS) is 21.6. The van der Waals surface area contributed by atoms with Crippen LogP contribution in [0, 0.1) is 12.8 Å². The van der Waals surface area contributed by atoms with E-state index in [1.54, 1.807) is 11.3 Å². The van der Waals surface area contributed by atoms with Gasteiger partial charge in [0.1, 0.15) is 0 Å². The van der Waals surface area contributed by atoms with Crippen molar-refractivity contribution in [3.8, 4) is 0 Å². The van der Waals surface area contributed by atoms with E-state index >= 15 is 0 Å². The molecule has 2 N–H and O–H groups in total. The van der Waals surface area contributed by atoms with Crippen molar-refractivity contribution in [1.82, 2.24) is 10.2 Å².